The van der Waals surface area contributed by atoms with Crippen molar-refractivity contribution in [1.82, 2.24) is 15.2 Å². The van der Waals surface area contributed by atoms with Gasteiger partial charge < -0.3 is 15.0 Å². The number of guanidine groups is 1. The molecule has 0 aliphatic rings. The summed E-state index contributed by atoms with van der Waals surface area (Å²) < 4.78 is 18.8. The van der Waals surface area contributed by atoms with E-state index in [1.165, 1.54) is 13.2 Å². The van der Waals surface area contributed by atoms with Crippen LogP contribution in [0.1, 0.15) is 36.0 Å². The van der Waals surface area contributed by atoms with Gasteiger partial charge in [0.15, 0.2) is 17.5 Å². The summed E-state index contributed by atoms with van der Waals surface area (Å²) in [5.41, 5.74) is 1.85. The molecule has 1 aromatic heterocycles. The second-order valence-corrected chi connectivity index (χ2v) is 6.95. The quantitative estimate of drug-likeness (QED) is 0.628. The summed E-state index contributed by atoms with van der Waals surface area (Å²) in [6.07, 6.45) is 0. The topological polar surface area (TPSA) is 49.8 Å². The number of hydrogen-bond donors (Lipinski definition) is 1. The molecule has 0 saturated heterocycles. The predicted molar refractivity (Wildman–Crippen MR) is 101 cm³/mol. The lowest BCUT2D eigenvalue weighted by molar-refractivity contribution is 0.385. The van der Waals surface area contributed by atoms with Crippen LogP contribution in [0.25, 0.3) is 0 Å². The Morgan fingerprint density at radius 3 is 2.76 bits per heavy atom. The van der Waals surface area contributed by atoms with E-state index in [2.05, 4.69) is 34.5 Å². The minimum atomic E-state index is -0.361. The average Bonchev–Trinajstić information content (AvgIpc) is 3.05. The fourth-order valence-corrected chi connectivity index (χ4v) is 3.22. The van der Waals surface area contributed by atoms with Crippen LogP contribution in [-0.2, 0) is 13.1 Å². The molecule has 136 valence electrons. The Bertz CT molecular complexity index is 730. The van der Waals surface area contributed by atoms with E-state index < -0.39 is 0 Å². The van der Waals surface area contributed by atoms with Gasteiger partial charge in [-0.15, -0.1) is 11.3 Å². The molecule has 0 amide bonds. The summed E-state index contributed by atoms with van der Waals surface area (Å²) in [5, 5.41) is 6.49. The zero-order chi connectivity index (χ0) is 18.4. The zero-order valence-electron chi connectivity index (χ0n) is 15.3. The van der Waals surface area contributed by atoms with Crippen LogP contribution in [0.15, 0.2) is 28.6 Å². The van der Waals surface area contributed by atoms with Crippen LogP contribution in [0.4, 0.5) is 4.39 Å². The number of rotatable bonds is 6. The van der Waals surface area contributed by atoms with Crippen molar-refractivity contribution in [3.05, 3.63) is 45.7 Å². The first-order valence-electron chi connectivity index (χ1n) is 8.13. The lowest BCUT2D eigenvalue weighted by Gasteiger charge is -2.22. The average molecular weight is 364 g/mol. The van der Waals surface area contributed by atoms with Gasteiger partial charge in [0.1, 0.15) is 0 Å². The van der Waals surface area contributed by atoms with Crippen LogP contribution in [-0.4, -0.2) is 37.0 Å². The van der Waals surface area contributed by atoms with Crippen LogP contribution in [0.2, 0.25) is 0 Å². The van der Waals surface area contributed by atoms with Gasteiger partial charge in [0.05, 0.1) is 24.4 Å². The monoisotopic (exact) mass is 364 g/mol. The fraction of sp³-hybridized carbons (Fsp3) is 0.444. The Kier molecular flexibility index (Phi) is 6.75. The number of methoxy groups -OCH3 is 1. The number of aliphatic imine (C=N–C) groups is 1. The zero-order valence-corrected chi connectivity index (χ0v) is 16.2. The molecule has 25 heavy (non-hydrogen) atoms. The normalized spacial score (nSPS) is 11.7. The van der Waals surface area contributed by atoms with Gasteiger partial charge in [-0.2, -0.15) is 0 Å². The lowest BCUT2D eigenvalue weighted by atomic mass is 10.2. The molecule has 0 spiro atoms. The minimum absolute atomic E-state index is 0.249. The number of benzene rings is 1. The van der Waals surface area contributed by atoms with Crippen molar-refractivity contribution in [2.45, 2.75) is 32.9 Å². The molecule has 1 aromatic carbocycles. The number of thiazole rings is 1. The second-order valence-electron chi connectivity index (χ2n) is 6.06. The maximum Gasteiger partial charge on any atom is 0.194 e. The van der Waals surface area contributed by atoms with Gasteiger partial charge in [-0.3, -0.25) is 4.99 Å². The Balaban J connectivity index is 1.96. The third-order valence-electron chi connectivity index (χ3n) is 3.70. The highest BCUT2D eigenvalue weighted by atomic mass is 32.1. The highest BCUT2D eigenvalue weighted by Gasteiger charge is 2.11. The Morgan fingerprint density at radius 2 is 2.20 bits per heavy atom. The molecule has 7 heteroatoms. The van der Waals surface area contributed by atoms with Gasteiger partial charge in [-0.05, 0) is 17.7 Å². The maximum absolute atomic E-state index is 13.8. The number of ether oxygens (including phenoxy) is 1. The molecule has 0 aliphatic carbocycles. The Labute approximate surface area is 152 Å². The summed E-state index contributed by atoms with van der Waals surface area (Å²) in [6, 6.07) is 4.97. The molecular weight excluding hydrogens is 339 g/mol. The smallest absolute Gasteiger partial charge is 0.194 e. The van der Waals surface area contributed by atoms with Crippen molar-refractivity contribution < 1.29 is 9.13 Å². The van der Waals surface area contributed by atoms with Gasteiger partial charge in [-0.25, -0.2) is 9.37 Å². The number of nitrogens with zero attached hydrogens (tertiary/aromatic N) is 3. The van der Waals surface area contributed by atoms with E-state index in [0.717, 1.165) is 22.2 Å². The molecule has 0 bridgehead atoms. The molecule has 1 N–H and O–H groups in total. The number of hydrogen-bond acceptors (Lipinski definition) is 4. The molecule has 2 rings (SSSR count). The van der Waals surface area contributed by atoms with Crippen LogP contribution in [0.3, 0.4) is 0 Å². The van der Waals surface area contributed by atoms with E-state index in [-0.39, 0.29) is 11.6 Å². The number of nitrogens with one attached hydrogen (secondary N) is 1. The summed E-state index contributed by atoms with van der Waals surface area (Å²) in [6.45, 7) is 5.42. The van der Waals surface area contributed by atoms with Gasteiger partial charge in [0.25, 0.3) is 0 Å². The van der Waals surface area contributed by atoms with Crippen LogP contribution < -0.4 is 10.1 Å². The predicted octanol–water partition coefficient (Wildman–Crippen LogP) is 3.62. The first-order chi connectivity index (χ1) is 11.9. The van der Waals surface area contributed by atoms with Crippen LogP contribution in [0.5, 0.6) is 5.75 Å². The first-order valence-corrected chi connectivity index (χ1v) is 9.01. The van der Waals surface area contributed by atoms with Crippen molar-refractivity contribution in [3.8, 4) is 5.75 Å². The van der Waals surface area contributed by atoms with E-state index in [0.29, 0.717) is 19.0 Å². The van der Waals surface area contributed by atoms with Gasteiger partial charge in [0, 0.05) is 31.9 Å². The van der Waals surface area contributed by atoms with Crippen molar-refractivity contribution >= 4 is 17.3 Å². The first kappa shape index (κ1) is 19.2. The molecule has 0 saturated carbocycles. The number of halogens is 1. The van der Waals surface area contributed by atoms with E-state index in [1.54, 1.807) is 24.5 Å². The molecule has 0 atom stereocenters. The van der Waals surface area contributed by atoms with Gasteiger partial charge >= 0.3 is 0 Å². The highest BCUT2D eigenvalue weighted by molar-refractivity contribution is 7.09. The third kappa shape index (κ3) is 5.16. The molecule has 1 heterocycles. The molecule has 0 unspecified atom stereocenters. The molecular formula is C18H25FN4OS. The summed E-state index contributed by atoms with van der Waals surface area (Å²) >= 11 is 1.67. The minimum Gasteiger partial charge on any atom is -0.494 e. The van der Waals surface area contributed by atoms with Gasteiger partial charge in [0.2, 0.25) is 0 Å². The van der Waals surface area contributed by atoms with Crippen molar-refractivity contribution in [2.24, 2.45) is 4.99 Å². The van der Waals surface area contributed by atoms with Crippen LogP contribution in [0, 0.1) is 5.82 Å². The van der Waals surface area contributed by atoms with E-state index in [1.807, 2.05) is 18.0 Å². The van der Waals surface area contributed by atoms with Crippen molar-refractivity contribution in [2.75, 3.05) is 21.2 Å². The maximum atomic E-state index is 13.8. The molecule has 0 fully saturated rings. The van der Waals surface area contributed by atoms with Crippen LogP contribution >= 0.6 is 11.3 Å². The summed E-state index contributed by atoms with van der Waals surface area (Å²) in [4.78, 5) is 10.8. The van der Waals surface area contributed by atoms with Gasteiger partial charge in [-0.1, -0.05) is 19.9 Å². The molecule has 0 radical (unpaired) electrons. The molecule has 0 aliphatic heterocycles. The van der Waals surface area contributed by atoms with E-state index in [9.17, 15) is 4.39 Å². The Morgan fingerprint density at radius 1 is 1.44 bits per heavy atom. The largest absolute Gasteiger partial charge is 0.494 e. The molecule has 2 aromatic rings. The number of aromatic nitrogens is 1. The van der Waals surface area contributed by atoms with E-state index in [4.69, 9.17) is 4.74 Å². The molecule has 5 nitrogen and oxygen atoms in total. The third-order valence-corrected chi connectivity index (χ3v) is 4.89. The second kappa shape index (κ2) is 8.80. The summed E-state index contributed by atoms with van der Waals surface area (Å²) in [7, 11) is 5.10. The Hall–Kier alpha value is -2.15. The lowest BCUT2D eigenvalue weighted by Crippen LogP contribution is -2.38. The highest BCUT2D eigenvalue weighted by Crippen LogP contribution is 2.20. The summed E-state index contributed by atoms with van der Waals surface area (Å²) in [5.74, 6) is 1.06. The SMILES string of the molecule is CN=C(NCc1csc(C(C)C)n1)N(C)Cc1ccc(OC)c(F)c1. The standard InChI is InChI=1S/C18H25FN4OS/c1-12(2)17-22-14(11-25-17)9-21-18(20-3)23(4)10-13-6-7-16(24-5)15(19)8-13/h6-8,11-12H,9-10H2,1-5H3,(H,20,21). The van der Waals surface area contributed by atoms with E-state index >= 15 is 0 Å². The fourth-order valence-electron chi connectivity index (χ4n) is 2.38. The van der Waals surface area contributed by atoms with Crippen molar-refractivity contribution in [3.63, 3.8) is 0 Å². The van der Waals surface area contributed by atoms with Crippen molar-refractivity contribution in [1.29, 1.82) is 0 Å².